The molecule has 5 heterocycles. The molecule has 5 N–H and O–H groups in total. The summed E-state index contributed by atoms with van der Waals surface area (Å²) in [6, 6.07) is 22.0. The van der Waals surface area contributed by atoms with Crippen LogP contribution in [0.25, 0.3) is 21.3 Å². The first-order valence-corrected chi connectivity index (χ1v) is 35.6. The van der Waals surface area contributed by atoms with E-state index in [1.54, 1.807) is 44.3 Å². The third-order valence-corrected chi connectivity index (χ3v) is 21.0. The molecule has 2 aliphatic heterocycles. The molecular weight excluding hydrogens is 1300 g/mol. The molecule has 24 nitrogen and oxygen atoms in total. The number of imide groups is 1. The summed E-state index contributed by atoms with van der Waals surface area (Å²) < 4.78 is 33.1. The fourth-order valence-corrected chi connectivity index (χ4v) is 17.3. The molecule has 2 unspecified atom stereocenters. The molecule has 4 aliphatic carbocycles. The summed E-state index contributed by atoms with van der Waals surface area (Å²) >= 11 is 1.42. The molecule has 4 saturated carbocycles. The topological polar surface area (TPSA) is 303 Å². The van der Waals surface area contributed by atoms with E-state index in [-0.39, 0.29) is 111 Å². The van der Waals surface area contributed by atoms with Crippen molar-refractivity contribution < 1.29 is 62.2 Å². The van der Waals surface area contributed by atoms with Crippen molar-refractivity contribution in [2.45, 2.75) is 156 Å². The molecular formula is C73H86N11O13PS. The number of carboxylic acid groups (broad SMARTS) is 1. The number of anilines is 3. The molecule has 26 heteroatoms. The van der Waals surface area contributed by atoms with Crippen LogP contribution in [0.2, 0.25) is 0 Å². The summed E-state index contributed by atoms with van der Waals surface area (Å²) in [5.74, 6) is -3.20. The number of carbonyl (C=O) groups excluding carboxylic acids is 7. The third-order valence-electron chi connectivity index (χ3n) is 19.7. The summed E-state index contributed by atoms with van der Waals surface area (Å²) in [6.45, 7) is 14.9. The number of nitrogens with one attached hydrogen (secondary N) is 4. The quantitative estimate of drug-likeness (QED) is 0.0159. The average Bonchev–Trinajstić information content (AvgIpc) is 0.724. The molecule has 12 rings (SSSR count). The molecule has 4 bridgehead atoms. The van der Waals surface area contributed by atoms with Crippen molar-refractivity contribution in [2.24, 2.45) is 22.2 Å². The number of fused-ring (bicyclic) bond motifs is 2. The molecule has 4 fully saturated rings. The second-order valence-corrected chi connectivity index (χ2v) is 29.8. The number of para-hydroxylation sites is 1. The van der Waals surface area contributed by atoms with Crippen molar-refractivity contribution in [3.05, 3.63) is 131 Å². The second-order valence-electron chi connectivity index (χ2n) is 28.3. The molecule has 4 atom stereocenters. The Labute approximate surface area is 580 Å². The first-order chi connectivity index (χ1) is 47.4. The number of carbonyl (C=O) groups is 8. The van der Waals surface area contributed by atoms with Gasteiger partial charge in [-0.3, -0.25) is 43.7 Å². The zero-order valence-corrected chi connectivity index (χ0v) is 58.6. The van der Waals surface area contributed by atoms with Gasteiger partial charge >= 0.3 is 166 Å². The van der Waals surface area contributed by atoms with Gasteiger partial charge in [-0.15, -0.1) is 0 Å². The fourth-order valence-electron chi connectivity index (χ4n) is 16.2. The molecule has 6 aromatic rings. The summed E-state index contributed by atoms with van der Waals surface area (Å²) in [7, 11) is -0.275. The molecule has 3 aromatic carbocycles. The van der Waals surface area contributed by atoms with Gasteiger partial charge in [0.05, 0.1) is 16.4 Å². The number of pyridine rings is 1. The SMILES string of the molecule is Cc1c(-c2ccc(N3CCc4cccc(C(=O)Nc5nc6ccccc6s5)c4C3)nc2C(=O)O)cnn1CC12CC3(C)CC(C)(C1)CC(OCCOCCN(CCC#P=O)C(=O)OCc1ccc(NC(=O)[C@H](C)NC(=O)[C@@H](NC(=O)CCCCCN4C(=O)C=CC4=O)C(C)C)cc1)(C3)C2. The predicted molar refractivity (Wildman–Crippen MR) is 373 cm³/mol. The Morgan fingerprint density at radius 1 is 0.798 bits per heavy atom. The zero-order valence-electron chi connectivity index (χ0n) is 56.9. The van der Waals surface area contributed by atoms with Gasteiger partial charge in [-0.05, 0) is 116 Å². The van der Waals surface area contributed by atoms with Gasteiger partial charge in [0.25, 0.3) is 17.7 Å². The number of nitrogens with zero attached hydrogens (tertiary/aromatic N) is 7. The number of hydrogen-bond acceptors (Lipinski definition) is 17. The maximum absolute atomic E-state index is 13.8. The Kier molecular flexibility index (Phi) is 22.2. The molecule has 522 valence electrons. The normalized spacial score (nSPS) is 21.1. The van der Waals surface area contributed by atoms with Gasteiger partial charge in [0, 0.05) is 67.1 Å². The number of amides is 7. The van der Waals surface area contributed by atoms with Crippen molar-refractivity contribution >= 4 is 93.6 Å². The number of carboxylic acids is 1. The molecule has 99 heavy (non-hydrogen) atoms. The van der Waals surface area contributed by atoms with Gasteiger partial charge in [-0.2, -0.15) is 5.10 Å². The number of aromatic carboxylic acids is 1. The van der Waals surface area contributed by atoms with E-state index in [2.05, 4.69) is 45.7 Å². The average molecular weight is 1390 g/mol. The van der Waals surface area contributed by atoms with Gasteiger partial charge in [0.2, 0.25) is 17.7 Å². The number of benzene rings is 3. The monoisotopic (exact) mass is 1390 g/mol. The van der Waals surface area contributed by atoms with Gasteiger partial charge < -0.3 is 20.6 Å². The van der Waals surface area contributed by atoms with Crippen LogP contribution in [-0.2, 0) is 68.9 Å². The van der Waals surface area contributed by atoms with Crippen LogP contribution in [0.4, 0.5) is 21.4 Å². The first-order valence-electron chi connectivity index (χ1n) is 33.9. The van der Waals surface area contributed by atoms with E-state index in [9.17, 15) is 48.0 Å². The van der Waals surface area contributed by atoms with Crippen LogP contribution < -0.4 is 26.2 Å². The van der Waals surface area contributed by atoms with Crippen LogP contribution in [0.5, 0.6) is 0 Å². The molecule has 0 saturated heterocycles. The Hall–Kier alpha value is -8.86. The van der Waals surface area contributed by atoms with Crippen LogP contribution in [0, 0.1) is 34.7 Å². The molecule has 0 radical (unpaired) electrons. The van der Waals surface area contributed by atoms with Gasteiger partial charge in [0.15, 0.2) is 10.8 Å². The Morgan fingerprint density at radius 2 is 1.56 bits per heavy atom. The predicted octanol–water partition coefficient (Wildman–Crippen LogP) is 10.9. The van der Waals surface area contributed by atoms with E-state index in [1.165, 1.54) is 35.3 Å². The number of unbranched alkanes of at least 4 members (excludes halogenated alkanes) is 2. The van der Waals surface area contributed by atoms with Crippen LogP contribution >= 0.6 is 19.3 Å². The zero-order chi connectivity index (χ0) is 70.2. The third kappa shape index (κ3) is 17.1. The number of ether oxygens (including phenoxy) is 3. The van der Waals surface area contributed by atoms with E-state index in [0.717, 1.165) is 70.5 Å². The van der Waals surface area contributed by atoms with E-state index in [1.807, 2.05) is 71.1 Å². The fraction of sp³-hybridized carbons (Fsp3) is 0.479. The number of hydrogen-bond donors (Lipinski definition) is 5. The summed E-state index contributed by atoms with van der Waals surface area (Å²) in [5.41, 5.74) is 8.56. The van der Waals surface area contributed by atoms with E-state index in [4.69, 9.17) is 24.3 Å². The van der Waals surface area contributed by atoms with Crippen LogP contribution in [0.1, 0.15) is 148 Å². The van der Waals surface area contributed by atoms with Crippen molar-refractivity contribution in [3.8, 4) is 16.8 Å². The van der Waals surface area contributed by atoms with Gasteiger partial charge in [-0.1, -0.05) is 69.7 Å². The molecule has 3 aromatic heterocycles. The van der Waals surface area contributed by atoms with Crippen LogP contribution in [-0.4, -0.2) is 146 Å². The van der Waals surface area contributed by atoms with Crippen molar-refractivity contribution in [1.29, 1.82) is 0 Å². The Bertz CT molecular complexity index is 4160. The van der Waals surface area contributed by atoms with Crippen molar-refractivity contribution in [2.75, 3.05) is 61.5 Å². The van der Waals surface area contributed by atoms with E-state index in [0.29, 0.717) is 97.4 Å². The minimum absolute atomic E-state index is 0.0319. The number of aromatic nitrogens is 4. The number of rotatable bonds is 30. The van der Waals surface area contributed by atoms with Gasteiger partial charge in [-0.25, -0.2) is 14.8 Å². The number of thiazole rings is 1. The van der Waals surface area contributed by atoms with E-state index >= 15 is 0 Å². The standard InChI is InChI=1S/C73H86N11O13PS/c1-46(2)62(79-59(85)18-8-7-11-29-83-60(86)25-26-61(83)87)66(90)75-47(3)64(88)76-51-21-19-49(20-22-51)38-96-69(93)81(28-13-35-98-94)31-32-95-33-34-97-73-42-70(5)39-71(6,43-73)41-72(40-70,44-73)45-84-48(4)54(36-74-84)52-23-24-58(78-63(52)67(91)92)82-30-27-50-14-12-15-53(55(50)37-82)65(89)80-68-77-56-16-9-10-17-57(56)99-68/h9-10,12,14-17,19-26,36,46-47,62H,7-8,11,13,18,27-34,37-45H2,1-6H3,(H,75,90)(H,76,88)(H,79,85)(H,91,92)(H,77,80,89)/t47-,62-,70?,71?,72?,73?/m0/s1. The summed E-state index contributed by atoms with van der Waals surface area (Å²) in [6.07, 6.45) is 12.1. The van der Waals surface area contributed by atoms with Crippen LogP contribution in [0.15, 0.2) is 97.2 Å². The summed E-state index contributed by atoms with van der Waals surface area (Å²) in [5, 5.41) is 27.5. The second kappa shape index (κ2) is 30.7. The van der Waals surface area contributed by atoms with E-state index < -0.39 is 36.0 Å². The Morgan fingerprint density at radius 3 is 2.28 bits per heavy atom. The Balaban J connectivity index is 0.638. The summed E-state index contributed by atoms with van der Waals surface area (Å²) in [4.78, 5) is 117. The molecule has 6 aliphatic rings. The van der Waals surface area contributed by atoms with Crippen molar-refractivity contribution in [1.82, 2.24) is 40.2 Å². The minimum atomic E-state index is -1.15. The molecule has 7 amide bonds. The molecule has 0 spiro atoms. The first kappa shape index (κ1) is 71.4. The van der Waals surface area contributed by atoms with Gasteiger partial charge in [0.1, 0.15) is 17.9 Å². The van der Waals surface area contributed by atoms with Crippen LogP contribution in [0.3, 0.4) is 0 Å². The maximum atomic E-state index is 13.8. The van der Waals surface area contributed by atoms with Crippen molar-refractivity contribution in [3.63, 3.8) is 0 Å².